The normalized spacial score (nSPS) is 28.0. The van der Waals surface area contributed by atoms with Crippen LogP contribution in [-0.2, 0) is 16.1 Å². The van der Waals surface area contributed by atoms with E-state index in [-0.39, 0.29) is 17.6 Å². The summed E-state index contributed by atoms with van der Waals surface area (Å²) in [4.78, 5) is 22.5. The molecule has 0 saturated carbocycles. The summed E-state index contributed by atoms with van der Waals surface area (Å²) < 4.78 is 14.0. The molecule has 0 unspecified atom stereocenters. The van der Waals surface area contributed by atoms with Crippen molar-refractivity contribution < 1.29 is 14.3 Å². The monoisotopic (exact) mass is 356 g/mol. The van der Waals surface area contributed by atoms with E-state index in [0.717, 1.165) is 31.7 Å². The number of aromatic nitrogens is 3. The Kier molecular flexibility index (Phi) is 4.63. The Balaban J connectivity index is 1.33. The molecular formula is C19H24N4O3. The average Bonchev–Trinajstić information content (AvgIpc) is 3.27. The number of hydrogen-bond donors (Lipinski definition) is 0. The third-order valence-corrected chi connectivity index (χ3v) is 5.20. The van der Waals surface area contributed by atoms with Crippen LogP contribution in [0.5, 0.6) is 5.75 Å². The quantitative estimate of drug-likeness (QED) is 0.816. The van der Waals surface area contributed by atoms with E-state index >= 15 is 0 Å². The fourth-order valence-corrected chi connectivity index (χ4v) is 3.95. The third kappa shape index (κ3) is 3.72. The minimum Gasteiger partial charge on any atom is -0.489 e. The van der Waals surface area contributed by atoms with Crippen molar-refractivity contribution in [2.24, 2.45) is 5.92 Å². The Hall–Kier alpha value is -2.41. The molecule has 26 heavy (non-hydrogen) atoms. The van der Waals surface area contributed by atoms with Crippen molar-refractivity contribution >= 4 is 5.91 Å². The standard InChI is InChI=1S/C19H24N4O3/c1-19(13-25-16-3-2-5-20-10-16)9-15-11-23(7-4-17(15)26-19)18(24)12-22-8-6-21-14-22/h2-3,5-6,8,10,14-15,17H,4,7,9,11-13H2,1H3/t15-,17+,19-/m1/s1. The van der Waals surface area contributed by atoms with Crippen molar-refractivity contribution in [2.75, 3.05) is 19.7 Å². The van der Waals surface area contributed by atoms with Crippen LogP contribution in [0.15, 0.2) is 43.2 Å². The predicted octanol–water partition coefficient (Wildman–Crippen LogP) is 1.75. The highest BCUT2D eigenvalue weighted by Crippen LogP contribution is 2.39. The maximum atomic E-state index is 12.5. The molecule has 0 spiro atoms. The van der Waals surface area contributed by atoms with E-state index in [1.54, 1.807) is 24.9 Å². The fraction of sp³-hybridized carbons (Fsp3) is 0.526. The second-order valence-electron chi connectivity index (χ2n) is 7.41. The van der Waals surface area contributed by atoms with Gasteiger partial charge in [-0.3, -0.25) is 9.78 Å². The van der Waals surface area contributed by atoms with Crippen molar-refractivity contribution in [3.63, 3.8) is 0 Å². The zero-order valence-electron chi connectivity index (χ0n) is 15.0. The number of ether oxygens (including phenoxy) is 2. The second kappa shape index (κ2) is 7.07. The van der Waals surface area contributed by atoms with Gasteiger partial charge in [-0.15, -0.1) is 0 Å². The third-order valence-electron chi connectivity index (χ3n) is 5.20. The maximum absolute atomic E-state index is 12.5. The van der Waals surface area contributed by atoms with Gasteiger partial charge in [-0.05, 0) is 31.9 Å². The molecule has 2 aliphatic heterocycles. The molecule has 2 saturated heterocycles. The molecule has 0 bridgehead atoms. The van der Waals surface area contributed by atoms with Crippen LogP contribution in [0.4, 0.5) is 0 Å². The number of rotatable bonds is 5. The van der Waals surface area contributed by atoms with Gasteiger partial charge in [0.05, 0.1) is 18.6 Å². The summed E-state index contributed by atoms with van der Waals surface area (Å²) in [6.07, 6.45) is 10.6. The number of imidazole rings is 1. The van der Waals surface area contributed by atoms with Crippen molar-refractivity contribution in [1.82, 2.24) is 19.4 Å². The Bertz CT molecular complexity index is 737. The van der Waals surface area contributed by atoms with Crippen LogP contribution in [0.25, 0.3) is 0 Å². The van der Waals surface area contributed by atoms with Crippen molar-refractivity contribution in [1.29, 1.82) is 0 Å². The molecule has 1 amide bonds. The summed E-state index contributed by atoms with van der Waals surface area (Å²) in [5.41, 5.74) is -0.325. The van der Waals surface area contributed by atoms with Gasteiger partial charge in [0.1, 0.15) is 24.5 Å². The number of carbonyl (C=O) groups excluding carboxylic acids is 1. The molecule has 3 atom stereocenters. The highest BCUT2D eigenvalue weighted by Gasteiger charge is 2.46. The minimum atomic E-state index is -0.325. The Morgan fingerprint density at radius 2 is 2.35 bits per heavy atom. The van der Waals surface area contributed by atoms with Crippen LogP contribution in [-0.4, -0.2) is 56.7 Å². The van der Waals surface area contributed by atoms with Crippen LogP contribution < -0.4 is 4.74 Å². The number of amides is 1. The number of carbonyl (C=O) groups is 1. The topological polar surface area (TPSA) is 69.5 Å². The summed E-state index contributed by atoms with van der Waals surface area (Å²) >= 11 is 0. The number of pyridine rings is 1. The lowest BCUT2D eigenvalue weighted by Gasteiger charge is -2.34. The molecule has 2 aromatic rings. The molecule has 0 radical (unpaired) electrons. The van der Waals surface area contributed by atoms with Crippen LogP contribution in [0.1, 0.15) is 19.8 Å². The molecule has 0 aromatic carbocycles. The number of hydrogen-bond acceptors (Lipinski definition) is 5. The first-order valence-electron chi connectivity index (χ1n) is 9.05. The highest BCUT2D eigenvalue weighted by atomic mass is 16.6. The van der Waals surface area contributed by atoms with Gasteiger partial charge in [0, 0.05) is 37.6 Å². The second-order valence-corrected chi connectivity index (χ2v) is 7.41. The van der Waals surface area contributed by atoms with Gasteiger partial charge < -0.3 is 18.9 Å². The lowest BCUT2D eigenvalue weighted by molar-refractivity contribution is -0.135. The summed E-state index contributed by atoms with van der Waals surface area (Å²) in [6, 6.07) is 3.76. The zero-order chi connectivity index (χ0) is 18.0. The van der Waals surface area contributed by atoms with Gasteiger partial charge in [-0.1, -0.05) is 0 Å². The first-order valence-corrected chi connectivity index (χ1v) is 9.05. The van der Waals surface area contributed by atoms with E-state index in [9.17, 15) is 4.79 Å². The minimum absolute atomic E-state index is 0.140. The van der Waals surface area contributed by atoms with Crippen LogP contribution in [0, 0.1) is 5.92 Å². The van der Waals surface area contributed by atoms with Crippen molar-refractivity contribution in [3.8, 4) is 5.75 Å². The SMILES string of the molecule is C[C@]1(COc2cccnc2)C[C@@H]2CN(C(=O)Cn3ccnc3)CC[C@@H]2O1. The maximum Gasteiger partial charge on any atom is 0.242 e. The van der Waals surface area contributed by atoms with Crippen LogP contribution >= 0.6 is 0 Å². The van der Waals surface area contributed by atoms with Gasteiger partial charge in [0.2, 0.25) is 5.91 Å². The Morgan fingerprint density at radius 3 is 3.12 bits per heavy atom. The Labute approximate surface area is 152 Å². The van der Waals surface area contributed by atoms with Crippen LogP contribution in [0.2, 0.25) is 0 Å². The molecule has 7 heteroatoms. The lowest BCUT2D eigenvalue weighted by Crippen LogP contribution is -2.45. The van der Waals surface area contributed by atoms with Gasteiger partial charge in [-0.2, -0.15) is 0 Å². The zero-order valence-corrected chi connectivity index (χ0v) is 15.0. The molecule has 4 heterocycles. The molecule has 0 N–H and O–H groups in total. The van der Waals surface area contributed by atoms with Gasteiger partial charge in [0.15, 0.2) is 0 Å². The molecule has 2 aromatic heterocycles. The van der Waals surface area contributed by atoms with E-state index in [4.69, 9.17) is 9.47 Å². The average molecular weight is 356 g/mol. The van der Waals surface area contributed by atoms with Crippen molar-refractivity contribution in [2.45, 2.75) is 38.0 Å². The number of nitrogens with zero attached hydrogens (tertiary/aromatic N) is 4. The number of piperidine rings is 1. The summed E-state index contributed by atoms with van der Waals surface area (Å²) in [5, 5.41) is 0. The summed E-state index contributed by atoms with van der Waals surface area (Å²) in [5.74, 6) is 1.25. The molecule has 2 fully saturated rings. The van der Waals surface area contributed by atoms with Gasteiger partial charge in [-0.25, -0.2) is 4.98 Å². The Morgan fingerprint density at radius 1 is 1.42 bits per heavy atom. The molecule has 2 aliphatic rings. The summed E-state index contributed by atoms with van der Waals surface area (Å²) in [6.45, 7) is 4.43. The largest absolute Gasteiger partial charge is 0.489 e. The summed E-state index contributed by atoms with van der Waals surface area (Å²) in [7, 11) is 0. The molecule has 4 rings (SSSR count). The number of fused-ring (bicyclic) bond motifs is 1. The molecule has 0 aliphatic carbocycles. The number of likely N-dealkylation sites (tertiary alicyclic amines) is 1. The van der Waals surface area contributed by atoms with E-state index in [2.05, 4.69) is 16.9 Å². The van der Waals surface area contributed by atoms with E-state index < -0.39 is 0 Å². The van der Waals surface area contributed by atoms with E-state index in [1.807, 2.05) is 27.8 Å². The van der Waals surface area contributed by atoms with Crippen LogP contribution in [0.3, 0.4) is 0 Å². The predicted molar refractivity (Wildman–Crippen MR) is 94.5 cm³/mol. The fourth-order valence-electron chi connectivity index (χ4n) is 3.95. The van der Waals surface area contributed by atoms with E-state index in [1.165, 1.54) is 0 Å². The molecule has 7 nitrogen and oxygen atoms in total. The molecular weight excluding hydrogens is 332 g/mol. The highest BCUT2D eigenvalue weighted by molar-refractivity contribution is 5.76. The van der Waals surface area contributed by atoms with Gasteiger partial charge >= 0.3 is 0 Å². The van der Waals surface area contributed by atoms with Gasteiger partial charge in [0.25, 0.3) is 0 Å². The smallest absolute Gasteiger partial charge is 0.242 e. The van der Waals surface area contributed by atoms with Crippen molar-refractivity contribution in [3.05, 3.63) is 43.2 Å². The van der Waals surface area contributed by atoms with E-state index in [0.29, 0.717) is 19.1 Å². The first kappa shape index (κ1) is 17.0. The lowest BCUT2D eigenvalue weighted by atomic mass is 9.89. The first-order chi connectivity index (χ1) is 12.6. The molecule has 138 valence electrons.